The van der Waals surface area contributed by atoms with Gasteiger partial charge in [-0.25, -0.2) is 4.98 Å². The topological polar surface area (TPSA) is 104 Å². The Morgan fingerprint density at radius 3 is 2.89 bits per heavy atom. The number of fused-ring (bicyclic) bond motifs is 2. The van der Waals surface area contributed by atoms with Crippen LogP contribution >= 0.6 is 0 Å². The van der Waals surface area contributed by atoms with Gasteiger partial charge in [-0.15, -0.1) is 0 Å². The van der Waals surface area contributed by atoms with Crippen molar-refractivity contribution in [3.05, 3.63) is 51.7 Å². The maximum atomic E-state index is 13.2. The van der Waals surface area contributed by atoms with E-state index in [0.29, 0.717) is 42.9 Å². The molecule has 0 radical (unpaired) electrons. The van der Waals surface area contributed by atoms with Crippen LogP contribution in [0.4, 0.5) is 5.69 Å². The number of anilines is 1. The molecule has 4 rings (SSSR count). The summed E-state index contributed by atoms with van der Waals surface area (Å²) in [6.07, 6.45) is 2.47. The van der Waals surface area contributed by atoms with Crippen LogP contribution in [0.5, 0.6) is 5.75 Å². The molecule has 2 aliphatic heterocycles. The van der Waals surface area contributed by atoms with E-state index in [0.717, 1.165) is 11.3 Å². The number of nitrogens with zero attached hydrogens (tertiary/aromatic N) is 2. The van der Waals surface area contributed by atoms with Crippen molar-refractivity contribution in [1.29, 1.82) is 0 Å². The first-order valence-electron chi connectivity index (χ1n) is 8.89. The van der Waals surface area contributed by atoms with Gasteiger partial charge in [-0.2, -0.15) is 0 Å². The normalized spacial score (nSPS) is 18.8. The lowest BCUT2D eigenvalue weighted by Gasteiger charge is -2.30. The summed E-state index contributed by atoms with van der Waals surface area (Å²) < 4.78 is 5.27. The van der Waals surface area contributed by atoms with Crippen molar-refractivity contribution in [2.24, 2.45) is 0 Å². The average molecular weight is 368 g/mol. The molecule has 0 fully saturated rings. The van der Waals surface area contributed by atoms with Crippen LogP contribution in [0.1, 0.15) is 29.2 Å². The van der Waals surface area contributed by atoms with Crippen molar-refractivity contribution in [2.75, 3.05) is 25.5 Å². The van der Waals surface area contributed by atoms with Crippen molar-refractivity contribution >= 4 is 17.5 Å². The molecule has 1 aromatic heterocycles. The number of aromatic amines is 1. The Labute approximate surface area is 155 Å². The lowest BCUT2D eigenvalue weighted by atomic mass is 9.89. The van der Waals surface area contributed by atoms with Gasteiger partial charge in [0.2, 0.25) is 11.8 Å². The third-order valence-corrected chi connectivity index (χ3v) is 5.20. The number of carbonyl (C=O) groups is 2. The summed E-state index contributed by atoms with van der Waals surface area (Å²) in [5, 5.41) is 2.81. The maximum Gasteiger partial charge on any atom is 0.254 e. The largest absolute Gasteiger partial charge is 0.497 e. The van der Waals surface area contributed by atoms with E-state index in [2.05, 4.69) is 15.3 Å². The Kier molecular flexibility index (Phi) is 4.39. The number of carbonyl (C=O) groups excluding carboxylic acids is 2. The lowest BCUT2D eigenvalue weighted by Crippen LogP contribution is -2.40. The fourth-order valence-electron chi connectivity index (χ4n) is 3.77. The highest BCUT2D eigenvalue weighted by Gasteiger charge is 2.34. The summed E-state index contributed by atoms with van der Waals surface area (Å²) in [5.41, 5.74) is 2.62. The molecule has 0 spiro atoms. The van der Waals surface area contributed by atoms with Gasteiger partial charge in [-0.1, -0.05) is 0 Å². The minimum absolute atomic E-state index is 0.0985. The van der Waals surface area contributed by atoms with E-state index in [9.17, 15) is 14.4 Å². The van der Waals surface area contributed by atoms with E-state index in [1.54, 1.807) is 30.2 Å². The Hall–Kier alpha value is -3.16. The SMILES string of the molecule is COc1ccc2c(c1)[C@@H](C(=O)N1CCc3nc[nH]c(=O)c3CC1)CC(=O)N2. The molecule has 140 valence electrons. The van der Waals surface area contributed by atoms with Crippen LogP contribution < -0.4 is 15.6 Å². The monoisotopic (exact) mass is 368 g/mol. The second kappa shape index (κ2) is 6.86. The Bertz CT molecular complexity index is 968. The minimum atomic E-state index is -0.559. The summed E-state index contributed by atoms with van der Waals surface area (Å²) in [5.74, 6) is -0.205. The predicted molar refractivity (Wildman–Crippen MR) is 97.8 cm³/mol. The second-order valence-corrected chi connectivity index (χ2v) is 6.74. The fourth-order valence-corrected chi connectivity index (χ4v) is 3.77. The van der Waals surface area contributed by atoms with E-state index in [1.165, 1.54) is 6.33 Å². The standard InChI is InChI=1S/C19H20N4O4/c1-27-11-2-3-16-13(8-11)14(9-17(24)22-16)19(26)23-6-4-12-15(5-7-23)20-10-21-18(12)25/h2-3,8,10,14H,4-7,9H2,1H3,(H,22,24)(H,20,21,25)/t14-/m0/s1. The number of nitrogens with one attached hydrogen (secondary N) is 2. The zero-order valence-corrected chi connectivity index (χ0v) is 14.9. The van der Waals surface area contributed by atoms with Gasteiger partial charge in [0.15, 0.2) is 0 Å². The van der Waals surface area contributed by atoms with Crippen LogP contribution in [0.2, 0.25) is 0 Å². The average Bonchev–Trinajstić information content (AvgIpc) is 2.90. The van der Waals surface area contributed by atoms with Gasteiger partial charge in [0, 0.05) is 37.2 Å². The van der Waals surface area contributed by atoms with Crippen LogP contribution in [0.15, 0.2) is 29.3 Å². The molecule has 1 atom stereocenters. The molecular formula is C19H20N4O4. The van der Waals surface area contributed by atoms with Crippen LogP contribution in [0.25, 0.3) is 0 Å². The summed E-state index contributed by atoms with van der Waals surface area (Å²) >= 11 is 0. The molecular weight excluding hydrogens is 348 g/mol. The number of amides is 2. The zero-order chi connectivity index (χ0) is 19.0. The summed E-state index contributed by atoms with van der Waals surface area (Å²) in [4.78, 5) is 45.9. The van der Waals surface area contributed by atoms with Gasteiger partial charge >= 0.3 is 0 Å². The van der Waals surface area contributed by atoms with Crippen LogP contribution in [0.3, 0.4) is 0 Å². The molecule has 0 aliphatic carbocycles. The molecule has 0 bridgehead atoms. The molecule has 2 N–H and O–H groups in total. The van der Waals surface area contributed by atoms with Crippen molar-refractivity contribution in [2.45, 2.75) is 25.2 Å². The zero-order valence-electron chi connectivity index (χ0n) is 14.9. The number of rotatable bonds is 2. The van der Waals surface area contributed by atoms with E-state index in [4.69, 9.17) is 4.74 Å². The first-order valence-corrected chi connectivity index (χ1v) is 8.89. The Morgan fingerprint density at radius 2 is 2.07 bits per heavy atom. The van der Waals surface area contributed by atoms with Gasteiger partial charge in [0.1, 0.15) is 5.75 Å². The van der Waals surface area contributed by atoms with E-state index in [1.807, 2.05) is 0 Å². The summed E-state index contributed by atoms with van der Waals surface area (Å²) in [6, 6.07) is 5.32. The Morgan fingerprint density at radius 1 is 1.26 bits per heavy atom. The molecule has 2 aromatic rings. The number of H-pyrrole nitrogens is 1. The minimum Gasteiger partial charge on any atom is -0.497 e. The van der Waals surface area contributed by atoms with Crippen LogP contribution in [-0.4, -0.2) is 46.9 Å². The number of benzene rings is 1. The molecule has 0 saturated heterocycles. The Balaban J connectivity index is 1.61. The number of hydrogen-bond donors (Lipinski definition) is 2. The van der Waals surface area contributed by atoms with Crippen molar-refractivity contribution in [1.82, 2.24) is 14.9 Å². The third-order valence-electron chi connectivity index (χ3n) is 5.20. The van der Waals surface area contributed by atoms with E-state index >= 15 is 0 Å². The van der Waals surface area contributed by atoms with E-state index in [-0.39, 0.29) is 23.8 Å². The highest BCUT2D eigenvalue weighted by molar-refractivity contribution is 6.01. The summed E-state index contributed by atoms with van der Waals surface area (Å²) in [6.45, 7) is 0.901. The second-order valence-electron chi connectivity index (χ2n) is 6.74. The van der Waals surface area contributed by atoms with Crippen LogP contribution in [0, 0.1) is 0 Å². The lowest BCUT2D eigenvalue weighted by molar-refractivity contribution is -0.134. The van der Waals surface area contributed by atoms with Gasteiger partial charge in [-0.05, 0) is 30.2 Å². The summed E-state index contributed by atoms with van der Waals surface area (Å²) in [7, 11) is 1.57. The molecule has 27 heavy (non-hydrogen) atoms. The highest BCUT2D eigenvalue weighted by atomic mass is 16.5. The molecule has 8 heteroatoms. The first kappa shape index (κ1) is 17.3. The molecule has 0 unspecified atom stereocenters. The molecule has 2 amide bonds. The number of hydrogen-bond acceptors (Lipinski definition) is 5. The fraction of sp³-hybridized carbons (Fsp3) is 0.368. The number of aromatic nitrogens is 2. The molecule has 8 nitrogen and oxygen atoms in total. The first-order chi connectivity index (χ1) is 13.1. The van der Waals surface area contributed by atoms with Gasteiger partial charge < -0.3 is 19.9 Å². The molecule has 1 aromatic carbocycles. The quantitative estimate of drug-likeness (QED) is 0.817. The number of ether oxygens (including phenoxy) is 1. The molecule has 3 heterocycles. The van der Waals surface area contributed by atoms with Gasteiger partial charge in [0.25, 0.3) is 5.56 Å². The van der Waals surface area contributed by atoms with Gasteiger partial charge in [0.05, 0.1) is 25.0 Å². The van der Waals surface area contributed by atoms with Crippen LogP contribution in [-0.2, 0) is 22.4 Å². The van der Waals surface area contributed by atoms with Crippen molar-refractivity contribution < 1.29 is 14.3 Å². The van der Waals surface area contributed by atoms with Crippen molar-refractivity contribution in [3.63, 3.8) is 0 Å². The maximum absolute atomic E-state index is 13.2. The van der Waals surface area contributed by atoms with Crippen molar-refractivity contribution in [3.8, 4) is 5.75 Å². The number of methoxy groups -OCH3 is 1. The van der Waals surface area contributed by atoms with E-state index < -0.39 is 5.92 Å². The molecule has 0 saturated carbocycles. The predicted octanol–water partition coefficient (Wildman–Crippen LogP) is 0.832. The smallest absolute Gasteiger partial charge is 0.254 e. The third kappa shape index (κ3) is 3.18. The van der Waals surface area contributed by atoms with Gasteiger partial charge in [-0.3, -0.25) is 14.4 Å². The molecule has 2 aliphatic rings. The highest BCUT2D eigenvalue weighted by Crippen LogP contribution is 2.36.